The maximum atomic E-state index is 5.14. The van der Waals surface area contributed by atoms with Crippen LogP contribution in [0.15, 0.2) is 0 Å². The fourth-order valence-electron chi connectivity index (χ4n) is 0.201. The Balaban J connectivity index is 0. The predicted molar refractivity (Wildman–Crippen MR) is 46.9 cm³/mol. The molecule has 0 saturated carbocycles. The van der Waals surface area contributed by atoms with Gasteiger partial charge < -0.3 is 5.73 Å². The topological polar surface area (TPSA) is 26.0 Å². The molecule has 0 bridgehead atoms. The molecule has 0 aliphatic heterocycles. The van der Waals surface area contributed by atoms with Crippen molar-refractivity contribution in [2.75, 3.05) is 0 Å². The van der Waals surface area contributed by atoms with Gasteiger partial charge in [-0.25, -0.2) is 0 Å². The molecule has 1 nitrogen and oxygen atoms in total. The van der Waals surface area contributed by atoms with Crippen LogP contribution in [0.25, 0.3) is 0 Å². The summed E-state index contributed by atoms with van der Waals surface area (Å²) < 4.78 is 0. The van der Waals surface area contributed by atoms with Gasteiger partial charge in [-0.2, -0.15) is 0 Å². The van der Waals surface area contributed by atoms with Crippen molar-refractivity contribution in [2.45, 2.75) is 12.8 Å². The summed E-state index contributed by atoms with van der Waals surface area (Å²) in [5.41, 5.74) is 5.14. The van der Waals surface area contributed by atoms with E-state index in [1.807, 2.05) is 0 Å². The van der Waals surface area contributed by atoms with Gasteiger partial charge in [-0.15, -0.1) is 12.4 Å². The van der Waals surface area contributed by atoms with Gasteiger partial charge in [-0.1, -0.05) is 24.4 Å². The second-order valence-electron chi connectivity index (χ2n) is 1.17. The molecule has 0 rings (SSSR count). The summed E-state index contributed by atoms with van der Waals surface area (Å²) in [6, 6.07) is 0. The van der Waals surface area contributed by atoms with Gasteiger partial charge >= 0.3 is 0 Å². The van der Waals surface area contributed by atoms with E-state index in [1.54, 1.807) is 5.37 Å². The number of hydrogen-bond acceptors (Lipinski definition) is 2. The fourth-order valence-corrected chi connectivity index (χ4v) is 0.437. The molecule has 0 saturated heterocycles. The van der Waals surface area contributed by atoms with Gasteiger partial charge in [0.1, 0.15) is 0 Å². The van der Waals surface area contributed by atoms with Gasteiger partial charge in [0.25, 0.3) is 0 Å². The number of hydrogen-bond donors (Lipinski definition) is 1. The lowest BCUT2D eigenvalue weighted by molar-refractivity contribution is 1.19. The van der Waals surface area contributed by atoms with E-state index in [2.05, 4.69) is 24.4 Å². The average molecular weight is 170 g/mol. The molecule has 48 valence electrons. The molecule has 0 aliphatic rings. The molecule has 8 heavy (non-hydrogen) atoms. The zero-order valence-electron chi connectivity index (χ0n) is 4.29. The molecule has 0 aromatic heterocycles. The van der Waals surface area contributed by atoms with Crippen LogP contribution in [0.1, 0.15) is 12.8 Å². The molecular weight excluding hydrogens is 162 g/mol. The lowest BCUT2D eigenvalue weighted by Gasteiger charge is -1.86. The van der Waals surface area contributed by atoms with Crippen molar-refractivity contribution in [3.05, 3.63) is 0 Å². The van der Waals surface area contributed by atoms with Gasteiger partial charge in [0.05, 0.1) is 4.99 Å². The van der Waals surface area contributed by atoms with Crippen LogP contribution in [-0.4, -0.2) is 10.4 Å². The normalized spacial score (nSPS) is 7.00. The van der Waals surface area contributed by atoms with Crippen LogP contribution in [0, 0.1) is 0 Å². The molecule has 0 fully saturated rings. The highest BCUT2D eigenvalue weighted by atomic mass is 35.5. The van der Waals surface area contributed by atoms with E-state index >= 15 is 0 Å². The lowest BCUT2D eigenvalue weighted by atomic mass is 10.3. The van der Waals surface area contributed by atoms with Gasteiger partial charge in [0.15, 0.2) is 0 Å². The van der Waals surface area contributed by atoms with E-state index < -0.39 is 0 Å². The zero-order chi connectivity index (χ0) is 5.70. The Kier molecular flexibility index (Phi) is 10.1. The molecule has 0 heterocycles. The first-order valence-corrected chi connectivity index (χ1v) is 2.87. The van der Waals surface area contributed by atoms with Crippen molar-refractivity contribution >= 4 is 47.2 Å². The quantitative estimate of drug-likeness (QED) is 0.649. The number of halogens is 1. The summed E-state index contributed by atoms with van der Waals surface area (Å²) in [5, 5.41) is 1.64. The van der Waals surface area contributed by atoms with Crippen LogP contribution < -0.4 is 5.73 Å². The van der Waals surface area contributed by atoms with Gasteiger partial charge in [0, 0.05) is 6.42 Å². The molecule has 0 unspecified atom stereocenters. The van der Waals surface area contributed by atoms with Crippen molar-refractivity contribution in [3.8, 4) is 0 Å². The highest BCUT2D eigenvalue weighted by Gasteiger charge is 1.82. The Hall–Kier alpha value is 0.270. The van der Waals surface area contributed by atoms with Crippen molar-refractivity contribution in [1.29, 1.82) is 0 Å². The molecule has 2 N–H and O–H groups in total. The maximum Gasteiger partial charge on any atom is 0.0730 e. The van der Waals surface area contributed by atoms with E-state index in [0.717, 1.165) is 12.8 Å². The molecule has 0 atom stereocenters. The van der Waals surface area contributed by atoms with E-state index in [1.165, 1.54) is 0 Å². The Morgan fingerprint density at radius 2 is 2.12 bits per heavy atom. The van der Waals surface area contributed by atoms with Crippen LogP contribution >= 0.6 is 36.8 Å². The predicted octanol–water partition coefficient (Wildman–Crippen LogP) is 1.47. The minimum atomic E-state index is 0. The minimum absolute atomic E-state index is 0. The molecule has 0 aromatic carbocycles. The second kappa shape index (κ2) is 7.27. The first-order chi connectivity index (χ1) is 3.27. The van der Waals surface area contributed by atoms with Crippen LogP contribution in [0.2, 0.25) is 0 Å². The Morgan fingerprint density at radius 3 is 2.25 bits per heavy atom. The van der Waals surface area contributed by atoms with Gasteiger partial charge in [0.2, 0.25) is 0 Å². The maximum absolute atomic E-state index is 5.14. The summed E-state index contributed by atoms with van der Waals surface area (Å²) in [7, 11) is 0. The highest BCUT2D eigenvalue weighted by Crippen LogP contribution is 1.83. The fraction of sp³-hybridized carbons (Fsp3) is 0.500. The average Bonchev–Trinajstić information content (AvgIpc) is 1.61. The Morgan fingerprint density at radius 1 is 1.62 bits per heavy atom. The van der Waals surface area contributed by atoms with Crippen molar-refractivity contribution in [3.63, 3.8) is 0 Å². The summed E-state index contributed by atoms with van der Waals surface area (Å²) in [6.45, 7) is 0. The molecule has 0 aromatic rings. The second-order valence-corrected chi connectivity index (χ2v) is 2.03. The molecule has 0 aliphatic carbocycles. The van der Waals surface area contributed by atoms with Crippen molar-refractivity contribution in [2.24, 2.45) is 5.73 Å². The van der Waals surface area contributed by atoms with Crippen molar-refractivity contribution < 1.29 is 0 Å². The van der Waals surface area contributed by atoms with Crippen LogP contribution in [-0.2, 0) is 0 Å². The summed E-state index contributed by atoms with van der Waals surface area (Å²) in [6.07, 6.45) is 1.57. The SMILES string of the molecule is Cl.NC(=S)CCC=S. The zero-order valence-corrected chi connectivity index (χ0v) is 6.74. The summed E-state index contributed by atoms with van der Waals surface area (Å²) in [4.78, 5) is 0.543. The summed E-state index contributed by atoms with van der Waals surface area (Å²) in [5.74, 6) is 0. The third-order valence-corrected chi connectivity index (χ3v) is 0.948. The standard InChI is InChI=1S/C4H7NS2.ClH/c5-4(7)2-1-3-6;/h3H,1-2H2,(H2,5,7);1H. The third kappa shape index (κ3) is 9.55. The number of nitrogens with two attached hydrogens (primary N) is 1. The Bertz CT molecular complexity index is 84.1. The lowest BCUT2D eigenvalue weighted by Crippen LogP contribution is -2.06. The van der Waals surface area contributed by atoms with Crippen LogP contribution in [0.5, 0.6) is 0 Å². The number of thiocarbonyl (C=S) groups is 2. The largest absolute Gasteiger partial charge is 0.393 e. The van der Waals surface area contributed by atoms with Crippen LogP contribution in [0.4, 0.5) is 0 Å². The first-order valence-electron chi connectivity index (χ1n) is 1.99. The van der Waals surface area contributed by atoms with Gasteiger partial charge in [-0.3, -0.25) is 0 Å². The van der Waals surface area contributed by atoms with E-state index in [9.17, 15) is 0 Å². The number of rotatable bonds is 3. The molecule has 0 radical (unpaired) electrons. The third-order valence-electron chi connectivity index (χ3n) is 0.509. The van der Waals surface area contributed by atoms with Crippen LogP contribution in [0.3, 0.4) is 0 Å². The molecule has 0 spiro atoms. The smallest absolute Gasteiger partial charge is 0.0730 e. The van der Waals surface area contributed by atoms with E-state index in [-0.39, 0.29) is 12.4 Å². The minimum Gasteiger partial charge on any atom is -0.393 e. The first kappa shape index (κ1) is 11.1. The molecule has 4 heteroatoms. The molecule has 0 amide bonds. The Labute approximate surface area is 66.0 Å². The van der Waals surface area contributed by atoms with E-state index in [0.29, 0.717) is 4.99 Å². The van der Waals surface area contributed by atoms with Crippen molar-refractivity contribution in [1.82, 2.24) is 0 Å². The van der Waals surface area contributed by atoms with E-state index in [4.69, 9.17) is 5.73 Å². The highest BCUT2D eigenvalue weighted by molar-refractivity contribution is 7.80. The summed E-state index contributed by atoms with van der Waals surface area (Å²) >= 11 is 9.10. The van der Waals surface area contributed by atoms with Gasteiger partial charge in [-0.05, 0) is 11.8 Å². The molecular formula is C4H8ClNS2. The monoisotopic (exact) mass is 169 g/mol.